The van der Waals surface area contributed by atoms with Crippen LogP contribution in [-0.4, -0.2) is 12.0 Å². The van der Waals surface area contributed by atoms with Crippen LogP contribution in [0.2, 0.25) is 0 Å². The smallest absolute Gasteiger partial charge is 0.223 e. The SMILES string of the molecule is NC(=O)C1CCCC1OCc1ccccc1. The van der Waals surface area contributed by atoms with Gasteiger partial charge in [-0.05, 0) is 24.8 Å². The van der Waals surface area contributed by atoms with Gasteiger partial charge in [-0.1, -0.05) is 30.3 Å². The van der Waals surface area contributed by atoms with E-state index in [1.54, 1.807) is 0 Å². The molecule has 0 spiro atoms. The predicted molar refractivity (Wildman–Crippen MR) is 61.6 cm³/mol. The number of amides is 1. The molecule has 0 heterocycles. The van der Waals surface area contributed by atoms with Gasteiger partial charge in [0.05, 0.1) is 18.6 Å². The molecule has 1 aromatic rings. The van der Waals surface area contributed by atoms with E-state index in [0.29, 0.717) is 6.61 Å². The molecule has 0 aliphatic heterocycles. The number of rotatable bonds is 4. The minimum absolute atomic E-state index is 0.0118. The summed E-state index contributed by atoms with van der Waals surface area (Å²) in [5.41, 5.74) is 6.47. The summed E-state index contributed by atoms with van der Waals surface area (Å²) >= 11 is 0. The summed E-state index contributed by atoms with van der Waals surface area (Å²) in [7, 11) is 0. The summed E-state index contributed by atoms with van der Waals surface area (Å²) in [6, 6.07) is 9.99. The first-order valence-corrected chi connectivity index (χ1v) is 5.72. The number of ether oxygens (including phenoxy) is 1. The molecule has 1 aromatic carbocycles. The van der Waals surface area contributed by atoms with E-state index < -0.39 is 0 Å². The third kappa shape index (κ3) is 2.61. The molecule has 3 heteroatoms. The van der Waals surface area contributed by atoms with E-state index in [4.69, 9.17) is 10.5 Å². The normalized spacial score (nSPS) is 24.5. The summed E-state index contributed by atoms with van der Waals surface area (Å²) in [6.07, 6.45) is 2.86. The molecule has 0 radical (unpaired) electrons. The number of nitrogens with two attached hydrogens (primary N) is 1. The molecule has 2 atom stereocenters. The molecule has 2 rings (SSSR count). The number of benzene rings is 1. The van der Waals surface area contributed by atoms with Crippen LogP contribution in [0.1, 0.15) is 24.8 Å². The predicted octanol–water partition coefficient (Wildman–Crippen LogP) is 1.86. The Morgan fingerprint density at radius 2 is 2.06 bits per heavy atom. The molecule has 0 bridgehead atoms. The molecule has 1 aliphatic rings. The zero-order valence-electron chi connectivity index (χ0n) is 9.26. The summed E-state index contributed by atoms with van der Waals surface area (Å²) in [4.78, 5) is 11.2. The molecule has 0 aromatic heterocycles. The first-order chi connectivity index (χ1) is 7.77. The van der Waals surface area contributed by atoms with Gasteiger partial charge in [-0.25, -0.2) is 0 Å². The Kier molecular flexibility index (Phi) is 3.57. The molecule has 0 saturated heterocycles. The van der Waals surface area contributed by atoms with Gasteiger partial charge in [0.1, 0.15) is 0 Å². The first kappa shape index (κ1) is 11.1. The van der Waals surface area contributed by atoms with Crippen molar-refractivity contribution in [3.8, 4) is 0 Å². The lowest BCUT2D eigenvalue weighted by atomic mass is 10.1. The van der Waals surface area contributed by atoms with Crippen LogP contribution in [0, 0.1) is 5.92 Å². The molecule has 1 aliphatic carbocycles. The fraction of sp³-hybridized carbons (Fsp3) is 0.462. The van der Waals surface area contributed by atoms with Gasteiger partial charge in [0.25, 0.3) is 0 Å². The molecule has 2 N–H and O–H groups in total. The van der Waals surface area contributed by atoms with Crippen molar-refractivity contribution in [2.45, 2.75) is 32.0 Å². The Bertz CT molecular complexity index is 350. The standard InChI is InChI=1S/C13H17NO2/c14-13(15)11-7-4-8-12(11)16-9-10-5-2-1-3-6-10/h1-3,5-6,11-12H,4,7-9H2,(H2,14,15). The van der Waals surface area contributed by atoms with Crippen LogP contribution < -0.4 is 5.73 Å². The maximum atomic E-state index is 11.2. The zero-order chi connectivity index (χ0) is 11.4. The molecule has 2 unspecified atom stereocenters. The Balaban J connectivity index is 1.88. The maximum Gasteiger partial charge on any atom is 0.223 e. The molecular weight excluding hydrogens is 202 g/mol. The van der Waals surface area contributed by atoms with Gasteiger partial charge < -0.3 is 10.5 Å². The number of carbonyl (C=O) groups is 1. The van der Waals surface area contributed by atoms with Crippen molar-refractivity contribution in [3.63, 3.8) is 0 Å². The van der Waals surface area contributed by atoms with E-state index in [2.05, 4.69) is 0 Å². The average molecular weight is 219 g/mol. The Morgan fingerprint density at radius 3 is 2.75 bits per heavy atom. The minimum atomic E-state index is -0.226. The van der Waals surface area contributed by atoms with Gasteiger partial charge in [-0.15, -0.1) is 0 Å². The average Bonchev–Trinajstić information content (AvgIpc) is 2.76. The van der Waals surface area contributed by atoms with Crippen LogP contribution in [0.3, 0.4) is 0 Å². The maximum absolute atomic E-state index is 11.2. The van der Waals surface area contributed by atoms with Crippen molar-refractivity contribution in [1.29, 1.82) is 0 Å². The quantitative estimate of drug-likeness (QED) is 0.840. The fourth-order valence-corrected chi connectivity index (χ4v) is 2.23. The van der Waals surface area contributed by atoms with E-state index in [-0.39, 0.29) is 17.9 Å². The molecule has 1 fully saturated rings. The summed E-state index contributed by atoms with van der Waals surface area (Å²) < 4.78 is 5.76. The minimum Gasteiger partial charge on any atom is -0.373 e. The lowest BCUT2D eigenvalue weighted by Gasteiger charge is -2.17. The van der Waals surface area contributed by atoms with Gasteiger partial charge in [-0.3, -0.25) is 4.79 Å². The van der Waals surface area contributed by atoms with E-state index in [9.17, 15) is 4.79 Å². The highest BCUT2D eigenvalue weighted by molar-refractivity contribution is 5.77. The second kappa shape index (κ2) is 5.12. The van der Waals surface area contributed by atoms with E-state index in [1.165, 1.54) is 0 Å². The third-order valence-electron chi connectivity index (χ3n) is 3.12. The largest absolute Gasteiger partial charge is 0.373 e. The van der Waals surface area contributed by atoms with Crippen molar-refractivity contribution in [2.24, 2.45) is 11.7 Å². The molecule has 1 amide bonds. The summed E-state index contributed by atoms with van der Waals surface area (Å²) in [5.74, 6) is -0.320. The lowest BCUT2D eigenvalue weighted by molar-refractivity contribution is -0.126. The van der Waals surface area contributed by atoms with Crippen LogP contribution in [0.5, 0.6) is 0 Å². The van der Waals surface area contributed by atoms with E-state index >= 15 is 0 Å². The van der Waals surface area contributed by atoms with Crippen molar-refractivity contribution in [3.05, 3.63) is 35.9 Å². The number of carbonyl (C=O) groups excluding carboxylic acids is 1. The van der Waals surface area contributed by atoms with Gasteiger partial charge in [0, 0.05) is 0 Å². The zero-order valence-corrected chi connectivity index (χ0v) is 9.26. The van der Waals surface area contributed by atoms with Crippen molar-refractivity contribution in [2.75, 3.05) is 0 Å². The molecular formula is C13H17NO2. The lowest BCUT2D eigenvalue weighted by Crippen LogP contribution is -2.31. The molecule has 1 saturated carbocycles. The van der Waals surface area contributed by atoms with Gasteiger partial charge >= 0.3 is 0 Å². The van der Waals surface area contributed by atoms with E-state index in [1.807, 2.05) is 30.3 Å². The third-order valence-corrected chi connectivity index (χ3v) is 3.12. The fourth-order valence-electron chi connectivity index (χ4n) is 2.23. The number of hydrogen-bond donors (Lipinski definition) is 1. The number of hydrogen-bond acceptors (Lipinski definition) is 2. The van der Waals surface area contributed by atoms with Crippen LogP contribution >= 0.6 is 0 Å². The summed E-state index contributed by atoms with van der Waals surface area (Å²) in [5, 5.41) is 0. The van der Waals surface area contributed by atoms with Crippen LogP contribution in [-0.2, 0) is 16.1 Å². The number of primary amides is 1. The highest BCUT2D eigenvalue weighted by Gasteiger charge is 2.32. The van der Waals surface area contributed by atoms with Gasteiger partial charge in [0.15, 0.2) is 0 Å². The van der Waals surface area contributed by atoms with Crippen LogP contribution in [0.4, 0.5) is 0 Å². The van der Waals surface area contributed by atoms with Crippen molar-refractivity contribution in [1.82, 2.24) is 0 Å². The van der Waals surface area contributed by atoms with Gasteiger partial charge in [0.2, 0.25) is 5.91 Å². The highest BCUT2D eigenvalue weighted by atomic mass is 16.5. The topological polar surface area (TPSA) is 52.3 Å². The summed E-state index contributed by atoms with van der Waals surface area (Å²) in [6.45, 7) is 0.565. The molecule has 86 valence electrons. The Labute approximate surface area is 95.6 Å². The molecule has 3 nitrogen and oxygen atoms in total. The van der Waals surface area contributed by atoms with Crippen LogP contribution in [0.15, 0.2) is 30.3 Å². The highest BCUT2D eigenvalue weighted by Crippen LogP contribution is 2.28. The van der Waals surface area contributed by atoms with Crippen molar-refractivity contribution >= 4 is 5.91 Å². The Hall–Kier alpha value is -1.35. The molecule has 16 heavy (non-hydrogen) atoms. The first-order valence-electron chi connectivity index (χ1n) is 5.72. The second-order valence-electron chi connectivity index (χ2n) is 4.27. The van der Waals surface area contributed by atoms with E-state index in [0.717, 1.165) is 24.8 Å². The Morgan fingerprint density at radius 1 is 1.31 bits per heavy atom. The van der Waals surface area contributed by atoms with Crippen molar-refractivity contribution < 1.29 is 9.53 Å². The van der Waals surface area contributed by atoms with Crippen LogP contribution in [0.25, 0.3) is 0 Å². The second-order valence-corrected chi connectivity index (χ2v) is 4.27. The monoisotopic (exact) mass is 219 g/mol. The van der Waals surface area contributed by atoms with Gasteiger partial charge in [-0.2, -0.15) is 0 Å².